The van der Waals surface area contributed by atoms with Gasteiger partial charge in [-0.05, 0) is 41.8 Å². The highest BCUT2D eigenvalue weighted by atomic mass is 79.9. The Hall–Kier alpha value is -0.810. The summed E-state index contributed by atoms with van der Waals surface area (Å²) in [5.74, 6) is 0. The second kappa shape index (κ2) is 6.31. The maximum absolute atomic E-state index is 12.5. The van der Waals surface area contributed by atoms with E-state index in [1.807, 2.05) is 24.3 Å². The number of hydrogen-bond acceptors (Lipinski definition) is 0. The van der Waals surface area contributed by atoms with Crippen molar-refractivity contribution in [2.75, 3.05) is 0 Å². The fourth-order valence-electron chi connectivity index (χ4n) is 1.87. The Bertz CT molecular complexity index is 576. The predicted molar refractivity (Wildman–Crippen MR) is 81.0 cm³/mol. The molecule has 0 aliphatic rings. The summed E-state index contributed by atoms with van der Waals surface area (Å²) in [5.41, 5.74) is 1.32. The van der Waals surface area contributed by atoms with Crippen molar-refractivity contribution in [3.63, 3.8) is 0 Å². The molecule has 0 fully saturated rings. The Morgan fingerprint density at radius 1 is 1.00 bits per heavy atom. The third-order valence-corrected chi connectivity index (χ3v) is 4.25. The van der Waals surface area contributed by atoms with E-state index in [0.29, 0.717) is 6.42 Å². The van der Waals surface area contributed by atoms with E-state index in [4.69, 9.17) is 0 Å². The zero-order valence-corrected chi connectivity index (χ0v) is 13.5. The van der Waals surface area contributed by atoms with Crippen LogP contribution in [-0.4, -0.2) is 0 Å². The van der Waals surface area contributed by atoms with Gasteiger partial charge >= 0.3 is 6.18 Å². The molecule has 2 rings (SSSR count). The van der Waals surface area contributed by atoms with Gasteiger partial charge in [0.1, 0.15) is 0 Å². The minimum absolute atomic E-state index is 0.0147. The van der Waals surface area contributed by atoms with Crippen LogP contribution < -0.4 is 0 Å². The van der Waals surface area contributed by atoms with Gasteiger partial charge in [-0.1, -0.05) is 56.1 Å². The van der Waals surface area contributed by atoms with Crippen molar-refractivity contribution >= 4 is 31.9 Å². The van der Waals surface area contributed by atoms with E-state index in [0.717, 1.165) is 27.7 Å². The largest absolute Gasteiger partial charge is 0.416 e. The zero-order valence-electron chi connectivity index (χ0n) is 10.3. The Morgan fingerprint density at radius 3 is 2.20 bits per heavy atom. The standard InChI is InChI=1S/C15H11Br2F3/c16-13-3-1-2-10(8-13)9-14(17)11-4-6-12(7-5-11)15(18,19)20/h1-8,14H,9H2. The van der Waals surface area contributed by atoms with Crippen LogP contribution in [0.2, 0.25) is 0 Å². The van der Waals surface area contributed by atoms with Gasteiger partial charge in [0.15, 0.2) is 0 Å². The summed E-state index contributed by atoms with van der Waals surface area (Å²) in [5, 5.41) is 0. The number of rotatable bonds is 3. The van der Waals surface area contributed by atoms with E-state index < -0.39 is 11.7 Å². The summed E-state index contributed by atoms with van der Waals surface area (Å²) in [7, 11) is 0. The quantitative estimate of drug-likeness (QED) is 0.535. The molecule has 0 radical (unpaired) electrons. The van der Waals surface area contributed by atoms with Gasteiger partial charge in [-0.15, -0.1) is 0 Å². The number of benzene rings is 2. The van der Waals surface area contributed by atoms with Gasteiger partial charge in [0.05, 0.1) is 5.56 Å². The SMILES string of the molecule is FC(F)(F)c1ccc(C(Br)Cc2cccc(Br)c2)cc1. The highest BCUT2D eigenvalue weighted by Gasteiger charge is 2.30. The maximum atomic E-state index is 12.5. The summed E-state index contributed by atoms with van der Waals surface area (Å²) >= 11 is 6.93. The third kappa shape index (κ3) is 4.09. The number of alkyl halides is 4. The van der Waals surface area contributed by atoms with Crippen molar-refractivity contribution in [2.24, 2.45) is 0 Å². The van der Waals surface area contributed by atoms with Crippen LogP contribution in [0.5, 0.6) is 0 Å². The number of hydrogen-bond donors (Lipinski definition) is 0. The average Bonchev–Trinajstić information content (AvgIpc) is 2.38. The van der Waals surface area contributed by atoms with E-state index in [1.54, 1.807) is 0 Å². The first kappa shape index (κ1) is 15.6. The molecule has 0 heterocycles. The molecule has 0 bridgehead atoms. The van der Waals surface area contributed by atoms with Gasteiger partial charge in [0.25, 0.3) is 0 Å². The Morgan fingerprint density at radius 2 is 1.65 bits per heavy atom. The Labute approximate surface area is 132 Å². The smallest absolute Gasteiger partial charge is 0.166 e. The Kier molecular flexibility index (Phi) is 4.91. The van der Waals surface area contributed by atoms with Gasteiger partial charge in [-0.2, -0.15) is 13.2 Å². The highest BCUT2D eigenvalue weighted by molar-refractivity contribution is 9.10. The van der Waals surface area contributed by atoms with Crippen LogP contribution in [0.4, 0.5) is 13.2 Å². The van der Waals surface area contributed by atoms with Crippen LogP contribution in [0.3, 0.4) is 0 Å². The van der Waals surface area contributed by atoms with Crippen LogP contribution in [0, 0.1) is 0 Å². The molecule has 0 aromatic heterocycles. The first-order chi connectivity index (χ1) is 9.36. The van der Waals surface area contributed by atoms with Crippen molar-refractivity contribution in [3.8, 4) is 0 Å². The highest BCUT2D eigenvalue weighted by Crippen LogP contribution is 2.32. The molecule has 1 atom stereocenters. The normalized spacial score (nSPS) is 13.2. The lowest BCUT2D eigenvalue weighted by molar-refractivity contribution is -0.137. The minimum Gasteiger partial charge on any atom is -0.166 e. The topological polar surface area (TPSA) is 0 Å². The third-order valence-electron chi connectivity index (χ3n) is 2.90. The van der Waals surface area contributed by atoms with Crippen LogP contribution in [0.15, 0.2) is 53.0 Å². The van der Waals surface area contributed by atoms with E-state index in [-0.39, 0.29) is 4.83 Å². The van der Waals surface area contributed by atoms with Crippen LogP contribution >= 0.6 is 31.9 Å². The second-order valence-corrected chi connectivity index (χ2v) is 6.44. The van der Waals surface area contributed by atoms with E-state index >= 15 is 0 Å². The summed E-state index contributed by atoms with van der Waals surface area (Å²) in [4.78, 5) is -0.0147. The van der Waals surface area contributed by atoms with Crippen molar-refractivity contribution in [1.82, 2.24) is 0 Å². The zero-order chi connectivity index (χ0) is 14.8. The maximum Gasteiger partial charge on any atom is 0.416 e. The van der Waals surface area contributed by atoms with Crippen LogP contribution in [0.1, 0.15) is 21.5 Å². The lowest BCUT2D eigenvalue weighted by atomic mass is 10.0. The number of halogens is 5. The van der Waals surface area contributed by atoms with Crippen molar-refractivity contribution < 1.29 is 13.2 Å². The molecule has 5 heteroatoms. The molecule has 0 amide bonds. The second-order valence-electron chi connectivity index (χ2n) is 4.42. The fraction of sp³-hybridized carbons (Fsp3) is 0.200. The van der Waals surface area contributed by atoms with E-state index in [9.17, 15) is 13.2 Å². The molecule has 0 saturated carbocycles. The molecular formula is C15H11Br2F3. The van der Waals surface area contributed by atoms with Gasteiger partial charge < -0.3 is 0 Å². The van der Waals surface area contributed by atoms with E-state index in [1.165, 1.54) is 12.1 Å². The minimum atomic E-state index is -4.29. The predicted octanol–water partition coefficient (Wildman–Crippen LogP) is 6.15. The van der Waals surface area contributed by atoms with Crippen LogP contribution in [-0.2, 0) is 12.6 Å². The first-order valence-electron chi connectivity index (χ1n) is 5.92. The van der Waals surface area contributed by atoms with Crippen molar-refractivity contribution in [2.45, 2.75) is 17.4 Å². The molecule has 0 aliphatic carbocycles. The molecule has 0 saturated heterocycles. The average molecular weight is 408 g/mol. The Balaban J connectivity index is 2.11. The molecule has 2 aromatic rings. The molecule has 0 N–H and O–H groups in total. The van der Waals surface area contributed by atoms with Gasteiger partial charge in [0, 0.05) is 9.30 Å². The summed E-state index contributed by atoms with van der Waals surface area (Å²) in [6, 6.07) is 13.1. The fourth-order valence-corrected chi connectivity index (χ4v) is 3.00. The molecule has 0 nitrogen and oxygen atoms in total. The molecular weight excluding hydrogens is 397 g/mol. The van der Waals surface area contributed by atoms with Gasteiger partial charge in [0.2, 0.25) is 0 Å². The lowest BCUT2D eigenvalue weighted by Crippen LogP contribution is -2.05. The molecule has 2 aromatic carbocycles. The molecule has 20 heavy (non-hydrogen) atoms. The van der Waals surface area contributed by atoms with Gasteiger partial charge in [-0.3, -0.25) is 0 Å². The molecule has 1 unspecified atom stereocenters. The summed E-state index contributed by atoms with van der Waals surface area (Å²) in [6.07, 6.45) is -3.57. The summed E-state index contributed by atoms with van der Waals surface area (Å²) in [6.45, 7) is 0. The van der Waals surface area contributed by atoms with Crippen molar-refractivity contribution in [1.29, 1.82) is 0 Å². The molecule has 0 aliphatic heterocycles. The lowest BCUT2D eigenvalue weighted by Gasteiger charge is -2.12. The van der Waals surface area contributed by atoms with Crippen LogP contribution in [0.25, 0.3) is 0 Å². The summed E-state index contributed by atoms with van der Waals surface area (Å²) < 4.78 is 38.5. The monoisotopic (exact) mass is 406 g/mol. The van der Waals surface area contributed by atoms with Crippen molar-refractivity contribution in [3.05, 3.63) is 69.7 Å². The van der Waals surface area contributed by atoms with E-state index in [2.05, 4.69) is 31.9 Å². The molecule has 0 spiro atoms. The van der Waals surface area contributed by atoms with Gasteiger partial charge in [-0.25, -0.2) is 0 Å². The molecule has 106 valence electrons. The first-order valence-corrected chi connectivity index (χ1v) is 7.63.